The lowest BCUT2D eigenvalue weighted by Gasteiger charge is -2.04. The third kappa shape index (κ3) is 2.39. The van der Waals surface area contributed by atoms with Gasteiger partial charge in [-0.1, -0.05) is 6.07 Å². The number of hydrogen-bond acceptors (Lipinski definition) is 3. The molecule has 0 heterocycles. The van der Waals surface area contributed by atoms with Crippen LogP contribution in [0.2, 0.25) is 0 Å². The van der Waals surface area contributed by atoms with E-state index in [1.54, 1.807) is 25.3 Å². The van der Waals surface area contributed by atoms with Crippen molar-refractivity contribution in [2.45, 2.75) is 0 Å². The maximum Gasteiger partial charge on any atom is 0.259 e. The quantitative estimate of drug-likeness (QED) is 0.702. The van der Waals surface area contributed by atoms with E-state index in [-0.39, 0.29) is 5.17 Å². The van der Waals surface area contributed by atoms with Crippen LogP contribution in [0.1, 0.15) is 0 Å². The molecule has 1 rings (SSSR count). The van der Waals surface area contributed by atoms with Crippen molar-refractivity contribution in [3.05, 3.63) is 24.3 Å². The molecule has 0 amide bonds. The topological polar surface area (TPSA) is 44.5 Å². The van der Waals surface area contributed by atoms with Crippen LogP contribution in [0.3, 0.4) is 0 Å². The maximum atomic E-state index is 5.18. The summed E-state index contributed by atoms with van der Waals surface area (Å²) in [4.78, 5) is 0. The summed E-state index contributed by atoms with van der Waals surface area (Å²) < 4.78 is 9.96. The molecule has 0 saturated heterocycles. The first-order valence-corrected chi connectivity index (χ1v) is 3.74. The Labute approximate surface area is 76.1 Å². The van der Waals surface area contributed by atoms with Crippen LogP contribution in [0, 0.1) is 0 Å². The molecule has 12 heavy (non-hydrogen) atoms. The number of rotatable bonds is 2. The lowest BCUT2D eigenvalue weighted by Crippen LogP contribution is -2.15. The summed E-state index contributed by atoms with van der Waals surface area (Å²) in [6, 6.07) is 7.07. The molecule has 4 heteroatoms. The number of thiocarbonyl (C=S) groups is 1. The second-order valence-electron chi connectivity index (χ2n) is 2.10. The number of hydrogen-bond donors (Lipinski definition) is 1. The molecule has 0 saturated carbocycles. The van der Waals surface area contributed by atoms with Crippen LogP contribution in [-0.2, 0) is 0 Å². The third-order valence-electron chi connectivity index (χ3n) is 1.26. The van der Waals surface area contributed by atoms with Crippen molar-refractivity contribution in [1.82, 2.24) is 0 Å². The van der Waals surface area contributed by atoms with Crippen molar-refractivity contribution in [2.24, 2.45) is 5.73 Å². The Morgan fingerprint density at radius 3 is 2.67 bits per heavy atom. The molecule has 0 aliphatic carbocycles. The van der Waals surface area contributed by atoms with Gasteiger partial charge in [-0.25, -0.2) is 0 Å². The molecule has 0 atom stereocenters. The predicted molar refractivity (Wildman–Crippen MR) is 50.4 cm³/mol. The van der Waals surface area contributed by atoms with E-state index < -0.39 is 0 Å². The molecule has 0 bridgehead atoms. The van der Waals surface area contributed by atoms with Gasteiger partial charge in [-0.15, -0.1) is 0 Å². The van der Waals surface area contributed by atoms with Gasteiger partial charge in [0.1, 0.15) is 11.5 Å². The second-order valence-corrected chi connectivity index (χ2v) is 2.50. The van der Waals surface area contributed by atoms with Gasteiger partial charge in [0.25, 0.3) is 5.17 Å². The van der Waals surface area contributed by atoms with Crippen LogP contribution in [0.5, 0.6) is 11.5 Å². The van der Waals surface area contributed by atoms with Gasteiger partial charge in [0.2, 0.25) is 0 Å². The number of ether oxygens (including phenoxy) is 2. The van der Waals surface area contributed by atoms with Crippen molar-refractivity contribution in [3.63, 3.8) is 0 Å². The zero-order valence-corrected chi connectivity index (χ0v) is 7.43. The largest absolute Gasteiger partial charge is 0.497 e. The fraction of sp³-hybridized carbons (Fsp3) is 0.125. The average molecular weight is 183 g/mol. The molecular formula is C8H9NO2S. The summed E-state index contributed by atoms with van der Waals surface area (Å²) in [6.45, 7) is 0. The summed E-state index contributed by atoms with van der Waals surface area (Å²) in [7, 11) is 1.58. The first-order valence-electron chi connectivity index (χ1n) is 3.33. The SMILES string of the molecule is COc1cccc(OC(N)=S)c1. The van der Waals surface area contributed by atoms with Crippen molar-refractivity contribution >= 4 is 17.4 Å². The van der Waals surface area contributed by atoms with E-state index >= 15 is 0 Å². The van der Waals surface area contributed by atoms with Gasteiger partial charge in [-0.05, 0) is 24.4 Å². The summed E-state index contributed by atoms with van der Waals surface area (Å²) in [5, 5.41) is 0.00301. The molecule has 0 radical (unpaired) electrons. The van der Waals surface area contributed by atoms with Crippen molar-refractivity contribution in [2.75, 3.05) is 7.11 Å². The third-order valence-corrected chi connectivity index (χ3v) is 1.34. The molecule has 0 aliphatic heterocycles. The van der Waals surface area contributed by atoms with Crippen molar-refractivity contribution < 1.29 is 9.47 Å². The molecule has 0 spiro atoms. The Morgan fingerprint density at radius 2 is 2.08 bits per heavy atom. The zero-order valence-electron chi connectivity index (χ0n) is 6.61. The van der Waals surface area contributed by atoms with Gasteiger partial charge < -0.3 is 15.2 Å². The Hall–Kier alpha value is -1.29. The standard InChI is InChI=1S/C8H9NO2S/c1-10-6-3-2-4-7(5-6)11-8(9)12/h2-5H,1H3,(H2,9,12). The Balaban J connectivity index is 2.79. The minimum Gasteiger partial charge on any atom is -0.497 e. The highest BCUT2D eigenvalue weighted by atomic mass is 32.1. The monoisotopic (exact) mass is 183 g/mol. The maximum absolute atomic E-state index is 5.18. The summed E-state index contributed by atoms with van der Waals surface area (Å²) >= 11 is 4.57. The predicted octanol–water partition coefficient (Wildman–Crippen LogP) is 1.32. The van der Waals surface area contributed by atoms with E-state index in [2.05, 4.69) is 12.2 Å². The molecule has 0 aliphatic rings. The van der Waals surface area contributed by atoms with Crippen LogP contribution >= 0.6 is 12.2 Å². The van der Waals surface area contributed by atoms with E-state index in [4.69, 9.17) is 15.2 Å². The van der Waals surface area contributed by atoms with Crippen LogP contribution < -0.4 is 15.2 Å². The van der Waals surface area contributed by atoms with Crippen LogP contribution in [0.4, 0.5) is 0 Å². The lowest BCUT2D eigenvalue weighted by atomic mass is 10.3. The molecule has 3 nitrogen and oxygen atoms in total. The molecule has 0 unspecified atom stereocenters. The van der Waals surface area contributed by atoms with E-state index in [1.165, 1.54) is 0 Å². The second kappa shape index (κ2) is 3.92. The highest BCUT2D eigenvalue weighted by Crippen LogP contribution is 2.18. The van der Waals surface area contributed by atoms with E-state index in [0.717, 1.165) is 0 Å². The molecular weight excluding hydrogens is 174 g/mol. The van der Waals surface area contributed by atoms with Gasteiger partial charge in [-0.2, -0.15) is 0 Å². The fourth-order valence-electron chi connectivity index (χ4n) is 0.781. The lowest BCUT2D eigenvalue weighted by molar-refractivity contribution is 0.412. The van der Waals surface area contributed by atoms with Crippen molar-refractivity contribution in [1.29, 1.82) is 0 Å². The molecule has 0 fully saturated rings. The van der Waals surface area contributed by atoms with E-state index in [0.29, 0.717) is 11.5 Å². The number of methoxy groups -OCH3 is 1. The summed E-state index contributed by atoms with van der Waals surface area (Å²) in [5.74, 6) is 1.30. The Kier molecular flexibility index (Phi) is 2.88. The molecule has 1 aromatic rings. The number of nitrogens with two attached hydrogens (primary N) is 1. The molecule has 0 aromatic heterocycles. The summed E-state index contributed by atoms with van der Waals surface area (Å²) in [6.07, 6.45) is 0. The fourth-order valence-corrected chi connectivity index (χ4v) is 0.877. The minimum atomic E-state index is 0.00301. The van der Waals surface area contributed by atoms with Gasteiger partial charge in [-0.3, -0.25) is 0 Å². The normalized spacial score (nSPS) is 9.08. The van der Waals surface area contributed by atoms with Crippen LogP contribution in [-0.4, -0.2) is 12.3 Å². The van der Waals surface area contributed by atoms with Gasteiger partial charge in [0.05, 0.1) is 7.11 Å². The van der Waals surface area contributed by atoms with Gasteiger partial charge >= 0.3 is 0 Å². The van der Waals surface area contributed by atoms with Crippen molar-refractivity contribution in [3.8, 4) is 11.5 Å². The Morgan fingerprint density at radius 1 is 1.42 bits per heavy atom. The number of benzene rings is 1. The first-order chi connectivity index (χ1) is 5.72. The smallest absolute Gasteiger partial charge is 0.259 e. The molecule has 64 valence electrons. The van der Waals surface area contributed by atoms with Crippen LogP contribution in [0.15, 0.2) is 24.3 Å². The molecule has 1 aromatic carbocycles. The summed E-state index contributed by atoms with van der Waals surface area (Å²) in [5.41, 5.74) is 5.18. The highest BCUT2D eigenvalue weighted by molar-refractivity contribution is 7.80. The van der Waals surface area contributed by atoms with Crippen LogP contribution in [0.25, 0.3) is 0 Å². The van der Waals surface area contributed by atoms with Gasteiger partial charge in [0.15, 0.2) is 0 Å². The molecule has 2 N–H and O–H groups in total. The minimum absolute atomic E-state index is 0.00301. The van der Waals surface area contributed by atoms with Gasteiger partial charge in [0, 0.05) is 6.07 Å². The van der Waals surface area contributed by atoms with E-state index in [9.17, 15) is 0 Å². The zero-order chi connectivity index (χ0) is 8.97. The Bertz CT molecular complexity index is 288. The average Bonchev–Trinajstić information content (AvgIpc) is 2.03. The highest BCUT2D eigenvalue weighted by Gasteiger charge is 1.96. The van der Waals surface area contributed by atoms with E-state index in [1.807, 2.05) is 6.07 Å². The first kappa shape index (κ1) is 8.80.